The van der Waals surface area contributed by atoms with E-state index in [1.807, 2.05) is 6.92 Å². The third-order valence-electron chi connectivity index (χ3n) is 3.87. The number of fused-ring (bicyclic) bond motifs is 1. The Hall–Kier alpha value is -2.00. The third kappa shape index (κ3) is 6.09. The predicted molar refractivity (Wildman–Crippen MR) is 88.7 cm³/mol. The molecule has 0 unspecified atom stereocenters. The monoisotopic (exact) mass is 362 g/mol. The van der Waals surface area contributed by atoms with Crippen LogP contribution < -0.4 is 16.3 Å². The molecule has 0 atom stereocenters. The number of alkyl halides is 3. The zero-order chi connectivity index (χ0) is 18.3. The van der Waals surface area contributed by atoms with E-state index in [0.717, 1.165) is 31.6 Å². The van der Waals surface area contributed by atoms with Gasteiger partial charge in [-0.25, -0.2) is 9.48 Å². The van der Waals surface area contributed by atoms with E-state index in [0.29, 0.717) is 32.0 Å². The van der Waals surface area contributed by atoms with E-state index in [2.05, 4.69) is 20.7 Å². The first kappa shape index (κ1) is 19.3. The lowest BCUT2D eigenvalue weighted by atomic mass is 10.2. The summed E-state index contributed by atoms with van der Waals surface area (Å²) in [5, 5.41) is 9.90. The van der Waals surface area contributed by atoms with Crippen LogP contribution >= 0.6 is 0 Å². The van der Waals surface area contributed by atoms with Gasteiger partial charge in [0.05, 0.1) is 6.42 Å². The summed E-state index contributed by atoms with van der Waals surface area (Å²) in [4.78, 5) is 16.4. The van der Waals surface area contributed by atoms with Crippen LogP contribution in [0.4, 0.5) is 13.2 Å². The first-order valence-corrected chi connectivity index (χ1v) is 8.66. The van der Waals surface area contributed by atoms with E-state index in [1.165, 1.54) is 4.68 Å². The van der Waals surface area contributed by atoms with Gasteiger partial charge in [0.15, 0.2) is 5.96 Å². The molecular formula is C15H25F3N6O. The number of nitrogens with one attached hydrogen (secondary N) is 2. The average molecular weight is 362 g/mol. The van der Waals surface area contributed by atoms with Crippen LogP contribution in [0.2, 0.25) is 0 Å². The van der Waals surface area contributed by atoms with Gasteiger partial charge in [-0.3, -0.25) is 9.56 Å². The van der Waals surface area contributed by atoms with Gasteiger partial charge in [0, 0.05) is 39.1 Å². The Morgan fingerprint density at radius 2 is 2.12 bits per heavy atom. The molecule has 0 saturated carbocycles. The van der Waals surface area contributed by atoms with Crippen LogP contribution in [-0.4, -0.2) is 46.1 Å². The van der Waals surface area contributed by atoms with Crippen molar-refractivity contribution in [2.75, 3.05) is 19.6 Å². The van der Waals surface area contributed by atoms with Gasteiger partial charge in [0.2, 0.25) is 0 Å². The Kier molecular flexibility index (Phi) is 6.89. The van der Waals surface area contributed by atoms with Crippen LogP contribution in [0.15, 0.2) is 9.79 Å². The van der Waals surface area contributed by atoms with Crippen molar-refractivity contribution in [3.63, 3.8) is 0 Å². The summed E-state index contributed by atoms with van der Waals surface area (Å²) in [7, 11) is 0. The van der Waals surface area contributed by atoms with Gasteiger partial charge in [-0.15, -0.1) is 0 Å². The largest absolute Gasteiger partial charge is 0.390 e. The lowest BCUT2D eigenvalue weighted by Crippen LogP contribution is -2.39. The lowest BCUT2D eigenvalue weighted by Gasteiger charge is -2.12. The molecule has 1 aromatic rings. The number of hydrogen-bond donors (Lipinski definition) is 2. The van der Waals surface area contributed by atoms with Crippen molar-refractivity contribution in [1.29, 1.82) is 0 Å². The molecule has 10 heteroatoms. The summed E-state index contributed by atoms with van der Waals surface area (Å²) in [6.45, 7) is 3.75. The lowest BCUT2D eigenvalue weighted by molar-refractivity contribution is -0.132. The second-order valence-electron chi connectivity index (χ2n) is 5.94. The van der Waals surface area contributed by atoms with Gasteiger partial charge >= 0.3 is 11.9 Å². The molecule has 2 heterocycles. The van der Waals surface area contributed by atoms with E-state index < -0.39 is 12.6 Å². The maximum absolute atomic E-state index is 12.2. The topological polar surface area (TPSA) is 76.2 Å². The Balaban J connectivity index is 1.81. The van der Waals surface area contributed by atoms with Gasteiger partial charge in [0.1, 0.15) is 5.82 Å². The Labute approximate surface area is 144 Å². The molecule has 2 N–H and O–H groups in total. The van der Waals surface area contributed by atoms with Crippen molar-refractivity contribution >= 4 is 5.96 Å². The maximum Gasteiger partial charge on any atom is 0.390 e. The Morgan fingerprint density at radius 3 is 2.80 bits per heavy atom. The van der Waals surface area contributed by atoms with E-state index >= 15 is 0 Å². The molecule has 0 bridgehead atoms. The van der Waals surface area contributed by atoms with Crippen LogP contribution in [0, 0.1) is 0 Å². The Bertz CT molecular complexity index is 634. The van der Waals surface area contributed by atoms with Gasteiger partial charge in [-0.1, -0.05) is 0 Å². The zero-order valence-electron chi connectivity index (χ0n) is 14.4. The van der Waals surface area contributed by atoms with Gasteiger partial charge in [-0.05, 0) is 26.2 Å². The number of guanidine groups is 1. The minimum Gasteiger partial charge on any atom is -0.357 e. The maximum atomic E-state index is 12.2. The fourth-order valence-electron chi connectivity index (χ4n) is 2.67. The molecule has 7 nitrogen and oxygen atoms in total. The smallest absolute Gasteiger partial charge is 0.357 e. The zero-order valence-corrected chi connectivity index (χ0v) is 14.4. The fourth-order valence-corrected chi connectivity index (χ4v) is 2.67. The molecule has 1 aliphatic rings. The number of hydrogen-bond acceptors (Lipinski definition) is 3. The number of aromatic nitrogens is 3. The number of halogens is 3. The standard InChI is InChI=1S/C15H25F3N6O/c1-2-19-13(21-9-7-15(16,17)18)20-8-5-11-24-14(25)23-10-4-3-6-12(23)22-24/h2-11H2,1H3,(H2,19,20,21). The van der Waals surface area contributed by atoms with Crippen LogP contribution in [-0.2, 0) is 19.5 Å². The van der Waals surface area contributed by atoms with Gasteiger partial charge in [0.25, 0.3) is 0 Å². The summed E-state index contributed by atoms with van der Waals surface area (Å²) in [6.07, 6.45) is -1.63. The SMILES string of the molecule is CCNC(=NCCCn1nc2n(c1=O)CCCC2)NCCC(F)(F)F. The molecule has 25 heavy (non-hydrogen) atoms. The van der Waals surface area contributed by atoms with Crippen molar-refractivity contribution in [2.45, 2.75) is 58.3 Å². The van der Waals surface area contributed by atoms with Gasteiger partial charge in [-0.2, -0.15) is 18.3 Å². The van der Waals surface area contributed by atoms with Crippen molar-refractivity contribution in [3.8, 4) is 0 Å². The highest BCUT2D eigenvalue weighted by atomic mass is 19.4. The average Bonchev–Trinajstić information content (AvgIpc) is 2.87. The molecule has 0 aliphatic carbocycles. The highest BCUT2D eigenvalue weighted by Gasteiger charge is 2.26. The van der Waals surface area contributed by atoms with E-state index in [4.69, 9.17) is 0 Å². The Morgan fingerprint density at radius 1 is 1.32 bits per heavy atom. The molecule has 142 valence electrons. The molecule has 0 amide bonds. The van der Waals surface area contributed by atoms with E-state index in [9.17, 15) is 18.0 Å². The fraction of sp³-hybridized carbons (Fsp3) is 0.800. The van der Waals surface area contributed by atoms with Gasteiger partial charge < -0.3 is 10.6 Å². The molecule has 1 aromatic heterocycles. The second kappa shape index (κ2) is 8.91. The first-order chi connectivity index (χ1) is 11.9. The number of aryl methyl sites for hydroxylation is 2. The van der Waals surface area contributed by atoms with Crippen LogP contribution in [0.1, 0.15) is 38.4 Å². The molecule has 0 spiro atoms. The van der Waals surface area contributed by atoms with E-state index in [1.54, 1.807) is 4.57 Å². The number of rotatable bonds is 7. The predicted octanol–water partition coefficient (Wildman–Crippen LogP) is 1.28. The van der Waals surface area contributed by atoms with Crippen molar-refractivity contribution in [3.05, 3.63) is 16.3 Å². The van der Waals surface area contributed by atoms with Crippen molar-refractivity contribution in [2.24, 2.45) is 4.99 Å². The minimum atomic E-state index is -4.19. The minimum absolute atomic E-state index is 0.0890. The molecule has 0 radical (unpaired) electrons. The van der Waals surface area contributed by atoms with Crippen molar-refractivity contribution in [1.82, 2.24) is 25.0 Å². The summed E-state index contributed by atoms with van der Waals surface area (Å²) in [6, 6.07) is 0. The first-order valence-electron chi connectivity index (χ1n) is 8.66. The normalized spacial score (nSPS) is 15.1. The summed E-state index contributed by atoms with van der Waals surface area (Å²) in [5.41, 5.74) is -0.0890. The quantitative estimate of drug-likeness (QED) is 0.435. The molecule has 0 aromatic carbocycles. The van der Waals surface area contributed by atoms with Crippen molar-refractivity contribution < 1.29 is 13.2 Å². The third-order valence-corrected chi connectivity index (χ3v) is 3.87. The molecule has 0 saturated heterocycles. The molecular weight excluding hydrogens is 337 g/mol. The number of aliphatic imine (C=N–C) groups is 1. The summed E-state index contributed by atoms with van der Waals surface area (Å²) >= 11 is 0. The molecule has 0 fully saturated rings. The summed E-state index contributed by atoms with van der Waals surface area (Å²) < 4.78 is 39.7. The van der Waals surface area contributed by atoms with Crippen LogP contribution in [0.25, 0.3) is 0 Å². The van der Waals surface area contributed by atoms with Crippen LogP contribution in [0.5, 0.6) is 0 Å². The highest BCUT2D eigenvalue weighted by molar-refractivity contribution is 5.79. The van der Waals surface area contributed by atoms with Crippen LogP contribution in [0.3, 0.4) is 0 Å². The second-order valence-corrected chi connectivity index (χ2v) is 5.94. The summed E-state index contributed by atoms with van der Waals surface area (Å²) in [5.74, 6) is 1.19. The number of nitrogens with zero attached hydrogens (tertiary/aromatic N) is 4. The molecule has 2 rings (SSSR count). The van der Waals surface area contributed by atoms with E-state index in [-0.39, 0.29) is 12.2 Å². The highest BCUT2D eigenvalue weighted by Crippen LogP contribution is 2.18. The molecule has 1 aliphatic heterocycles.